The summed E-state index contributed by atoms with van der Waals surface area (Å²) in [4.78, 5) is 15.7. The minimum Gasteiger partial charge on any atom is -0.389 e. The normalized spacial score (nSPS) is 14.4. The van der Waals surface area contributed by atoms with Crippen LogP contribution in [0.1, 0.15) is 0 Å². The van der Waals surface area contributed by atoms with E-state index in [1.54, 1.807) is 10.9 Å². The fraction of sp³-hybridized carbons (Fsp3) is 0.200. The third kappa shape index (κ3) is 3.06. The molecular formula is C20H18ClN7O. The van der Waals surface area contributed by atoms with Gasteiger partial charge in [-0.25, -0.2) is 9.97 Å². The molecule has 0 unspecified atom stereocenters. The molecule has 146 valence electrons. The number of nitrogens with zero attached hydrogens (tertiary/aromatic N) is 6. The molecule has 0 bridgehead atoms. The molecular weight excluding hydrogens is 390 g/mol. The predicted octanol–water partition coefficient (Wildman–Crippen LogP) is 2.51. The van der Waals surface area contributed by atoms with Gasteiger partial charge in [0.2, 0.25) is 0 Å². The van der Waals surface area contributed by atoms with E-state index in [1.165, 1.54) is 0 Å². The maximum Gasteiger partial charge on any atom is 0.172 e. The van der Waals surface area contributed by atoms with Crippen molar-refractivity contribution >= 4 is 34.1 Å². The third-order valence-electron chi connectivity index (χ3n) is 4.95. The van der Waals surface area contributed by atoms with Crippen molar-refractivity contribution in [3.05, 3.63) is 47.7 Å². The Labute approximate surface area is 171 Å². The van der Waals surface area contributed by atoms with Crippen LogP contribution in [0.3, 0.4) is 0 Å². The van der Waals surface area contributed by atoms with E-state index in [0.717, 1.165) is 16.5 Å². The van der Waals surface area contributed by atoms with E-state index in [9.17, 15) is 5.11 Å². The van der Waals surface area contributed by atoms with Crippen LogP contribution >= 0.6 is 11.6 Å². The second-order valence-corrected chi connectivity index (χ2v) is 7.50. The molecule has 0 aliphatic carbocycles. The summed E-state index contributed by atoms with van der Waals surface area (Å²) >= 11 is 6.51. The first kappa shape index (κ1) is 17.8. The lowest BCUT2D eigenvalue weighted by Crippen LogP contribution is -2.51. The number of nitrogen functional groups attached to an aromatic ring is 1. The molecule has 0 atom stereocenters. The smallest absolute Gasteiger partial charge is 0.172 e. The van der Waals surface area contributed by atoms with Crippen LogP contribution in [0.4, 0.5) is 11.6 Å². The summed E-state index contributed by atoms with van der Waals surface area (Å²) in [6.45, 7) is 0.952. The minimum absolute atomic E-state index is 0.301. The fourth-order valence-corrected chi connectivity index (χ4v) is 3.78. The van der Waals surface area contributed by atoms with E-state index in [2.05, 4.69) is 15.1 Å². The number of hydrogen-bond donors (Lipinski definition) is 2. The number of aliphatic hydroxyl groups is 1. The largest absolute Gasteiger partial charge is 0.389 e. The van der Waals surface area contributed by atoms with Gasteiger partial charge in [-0.2, -0.15) is 5.10 Å². The number of anilines is 2. The first-order valence-electron chi connectivity index (χ1n) is 9.15. The molecule has 3 aromatic heterocycles. The SMILES string of the molecule is Cn1ccc(-c2nc(N)c(N3CC(O)C3)nc2-c2cc(Cl)c3ncccc3c2)n1. The van der Waals surface area contributed by atoms with Gasteiger partial charge in [0, 0.05) is 43.5 Å². The van der Waals surface area contributed by atoms with Gasteiger partial charge in [-0.3, -0.25) is 9.67 Å². The van der Waals surface area contributed by atoms with E-state index in [4.69, 9.17) is 22.3 Å². The molecule has 1 aromatic carbocycles. The van der Waals surface area contributed by atoms with Crippen LogP contribution in [0.5, 0.6) is 0 Å². The summed E-state index contributed by atoms with van der Waals surface area (Å²) in [6.07, 6.45) is 3.17. The number of β-amino-alcohol motifs (C(OH)–C–C–N with tert-alkyl or cyclic N) is 1. The molecule has 3 N–H and O–H groups in total. The summed E-state index contributed by atoms with van der Waals surface area (Å²) in [5, 5.41) is 15.6. The van der Waals surface area contributed by atoms with Gasteiger partial charge >= 0.3 is 0 Å². The van der Waals surface area contributed by atoms with Crippen LogP contribution in [0, 0.1) is 0 Å². The van der Waals surface area contributed by atoms with Crippen LogP contribution in [0.25, 0.3) is 33.5 Å². The summed E-state index contributed by atoms with van der Waals surface area (Å²) in [5.74, 6) is 0.849. The number of fused-ring (bicyclic) bond motifs is 1. The molecule has 1 saturated heterocycles. The topological polar surface area (TPSA) is 106 Å². The molecule has 1 aliphatic heterocycles. The Morgan fingerprint density at radius 2 is 2.00 bits per heavy atom. The zero-order chi connectivity index (χ0) is 20.1. The molecule has 29 heavy (non-hydrogen) atoms. The zero-order valence-electron chi connectivity index (χ0n) is 15.6. The van der Waals surface area contributed by atoms with Crippen molar-refractivity contribution in [2.24, 2.45) is 7.05 Å². The second-order valence-electron chi connectivity index (χ2n) is 7.10. The number of nitrogens with two attached hydrogens (primary N) is 1. The molecule has 4 aromatic rings. The van der Waals surface area contributed by atoms with Gasteiger partial charge in [0.15, 0.2) is 11.6 Å². The van der Waals surface area contributed by atoms with E-state index >= 15 is 0 Å². The number of aromatic nitrogens is 5. The first-order chi connectivity index (χ1) is 14.0. The van der Waals surface area contributed by atoms with Crippen molar-refractivity contribution in [3.63, 3.8) is 0 Å². The van der Waals surface area contributed by atoms with Gasteiger partial charge in [-0.1, -0.05) is 17.7 Å². The molecule has 0 saturated carbocycles. The number of aliphatic hydroxyl groups excluding tert-OH is 1. The van der Waals surface area contributed by atoms with Crippen LogP contribution in [0.2, 0.25) is 5.02 Å². The summed E-state index contributed by atoms with van der Waals surface area (Å²) < 4.78 is 1.70. The lowest BCUT2D eigenvalue weighted by molar-refractivity contribution is 0.141. The van der Waals surface area contributed by atoms with Gasteiger partial charge in [0.05, 0.1) is 16.6 Å². The molecule has 1 fully saturated rings. The van der Waals surface area contributed by atoms with Gasteiger partial charge < -0.3 is 15.7 Å². The second kappa shape index (κ2) is 6.68. The number of aryl methyl sites for hydroxylation is 1. The molecule has 4 heterocycles. The van der Waals surface area contributed by atoms with Crippen molar-refractivity contribution < 1.29 is 5.11 Å². The van der Waals surface area contributed by atoms with E-state index < -0.39 is 0 Å². The molecule has 0 radical (unpaired) electrons. The van der Waals surface area contributed by atoms with Gasteiger partial charge in [0.1, 0.15) is 17.1 Å². The monoisotopic (exact) mass is 407 g/mol. The van der Waals surface area contributed by atoms with Crippen molar-refractivity contribution in [3.8, 4) is 22.6 Å². The Kier molecular flexibility index (Phi) is 4.11. The number of pyridine rings is 1. The van der Waals surface area contributed by atoms with Crippen molar-refractivity contribution in [2.45, 2.75) is 6.10 Å². The highest BCUT2D eigenvalue weighted by Gasteiger charge is 2.29. The molecule has 5 rings (SSSR count). The third-order valence-corrected chi connectivity index (χ3v) is 5.24. The quantitative estimate of drug-likeness (QED) is 0.537. The predicted molar refractivity (Wildman–Crippen MR) is 113 cm³/mol. The van der Waals surface area contributed by atoms with Gasteiger partial charge in [0.25, 0.3) is 0 Å². The maximum atomic E-state index is 9.68. The summed E-state index contributed by atoms with van der Waals surface area (Å²) in [7, 11) is 1.84. The molecule has 0 amide bonds. The van der Waals surface area contributed by atoms with E-state index in [0.29, 0.717) is 46.8 Å². The Balaban J connectivity index is 1.74. The van der Waals surface area contributed by atoms with Crippen molar-refractivity contribution in [1.82, 2.24) is 24.7 Å². The van der Waals surface area contributed by atoms with E-state index in [-0.39, 0.29) is 6.10 Å². The number of halogens is 1. The highest BCUT2D eigenvalue weighted by atomic mass is 35.5. The highest BCUT2D eigenvalue weighted by molar-refractivity contribution is 6.35. The van der Waals surface area contributed by atoms with Crippen LogP contribution < -0.4 is 10.6 Å². The maximum absolute atomic E-state index is 9.68. The van der Waals surface area contributed by atoms with Gasteiger partial charge in [-0.15, -0.1) is 0 Å². The number of rotatable bonds is 3. The first-order valence-corrected chi connectivity index (χ1v) is 9.52. The zero-order valence-corrected chi connectivity index (χ0v) is 16.4. The van der Waals surface area contributed by atoms with Crippen molar-refractivity contribution in [1.29, 1.82) is 0 Å². The molecule has 0 spiro atoms. The molecule has 1 aliphatic rings. The Bertz CT molecular complexity index is 1230. The Morgan fingerprint density at radius 1 is 1.17 bits per heavy atom. The lowest BCUT2D eigenvalue weighted by Gasteiger charge is -2.37. The Morgan fingerprint density at radius 3 is 2.72 bits per heavy atom. The highest BCUT2D eigenvalue weighted by Crippen LogP contribution is 2.36. The Hall–Kier alpha value is -3.23. The van der Waals surface area contributed by atoms with Crippen LogP contribution in [-0.2, 0) is 7.05 Å². The molecule has 8 nitrogen and oxygen atoms in total. The summed E-state index contributed by atoms with van der Waals surface area (Å²) in [6, 6.07) is 9.50. The van der Waals surface area contributed by atoms with Gasteiger partial charge in [-0.05, 0) is 24.3 Å². The number of hydrogen-bond acceptors (Lipinski definition) is 7. The number of benzene rings is 1. The minimum atomic E-state index is -0.378. The molecule has 9 heteroatoms. The van der Waals surface area contributed by atoms with Crippen LogP contribution in [-0.4, -0.2) is 49.0 Å². The summed E-state index contributed by atoms with van der Waals surface area (Å²) in [5.41, 5.74) is 9.62. The van der Waals surface area contributed by atoms with Crippen LogP contribution in [0.15, 0.2) is 42.7 Å². The standard InChI is InChI=1S/C20H18ClN7O/c1-27-6-4-15(26-27)18-17(25-20(19(22)24-18)28-9-13(29)10-28)12-7-11-3-2-5-23-16(11)14(21)8-12/h2-8,13,29H,9-10H2,1H3,(H2,22,24). The average Bonchev–Trinajstić information content (AvgIpc) is 3.12. The fourth-order valence-electron chi connectivity index (χ4n) is 3.51. The average molecular weight is 408 g/mol. The van der Waals surface area contributed by atoms with Crippen molar-refractivity contribution in [2.75, 3.05) is 23.7 Å². The van der Waals surface area contributed by atoms with E-state index in [1.807, 2.05) is 48.5 Å². The lowest BCUT2D eigenvalue weighted by atomic mass is 10.0.